The van der Waals surface area contributed by atoms with Crippen molar-refractivity contribution in [2.75, 3.05) is 13.1 Å². The first-order valence-electron chi connectivity index (χ1n) is 29.5. The number of ketones is 1. The zero-order chi connectivity index (χ0) is 61.6. The minimum Gasteiger partial charge on any atom is -0.461 e. The van der Waals surface area contributed by atoms with Gasteiger partial charge in [-0.05, 0) is 151 Å². The van der Waals surface area contributed by atoms with Crippen molar-refractivity contribution in [1.82, 2.24) is 31.9 Å². The lowest BCUT2D eigenvalue weighted by atomic mass is 9.43. The summed E-state index contributed by atoms with van der Waals surface area (Å²) in [4.78, 5) is 109. The van der Waals surface area contributed by atoms with Gasteiger partial charge in [0.1, 0.15) is 29.9 Å². The third kappa shape index (κ3) is 19.1. The largest absolute Gasteiger partial charge is 0.476 e. The summed E-state index contributed by atoms with van der Waals surface area (Å²) in [5.41, 5.74) is 14.8. The first-order valence-corrected chi connectivity index (χ1v) is 29.5. The van der Waals surface area contributed by atoms with Crippen LogP contribution in [0.2, 0.25) is 0 Å². The van der Waals surface area contributed by atoms with Crippen LogP contribution in [0.4, 0.5) is 9.59 Å². The summed E-state index contributed by atoms with van der Waals surface area (Å²) in [6.07, 6.45) is 1.26. The van der Waals surface area contributed by atoms with E-state index < -0.39 is 115 Å². The number of aryl methyl sites for hydroxylation is 1. The van der Waals surface area contributed by atoms with Crippen LogP contribution in [0.25, 0.3) is 11.1 Å². The Hall–Kier alpha value is -6.88. The second kappa shape index (κ2) is 29.3. The van der Waals surface area contributed by atoms with Crippen LogP contribution in [0.3, 0.4) is 0 Å². The van der Waals surface area contributed by atoms with Gasteiger partial charge in [-0.15, -0.1) is 0 Å². The first-order chi connectivity index (χ1) is 39.5. The maximum Gasteiger partial charge on any atom is 0.476 e. The molecule has 9 atom stereocenters. The Morgan fingerprint density at radius 2 is 1.29 bits per heavy atom. The van der Waals surface area contributed by atoms with E-state index in [0.29, 0.717) is 24.3 Å². The highest BCUT2D eigenvalue weighted by Gasteiger charge is 2.68. The Morgan fingerprint density at radius 1 is 0.679 bits per heavy atom. The van der Waals surface area contributed by atoms with E-state index in [2.05, 4.69) is 64.8 Å². The first kappa shape index (κ1) is 66.3. The van der Waals surface area contributed by atoms with Crippen LogP contribution in [0.1, 0.15) is 155 Å². The predicted molar refractivity (Wildman–Crippen MR) is 317 cm³/mol. The van der Waals surface area contributed by atoms with Crippen LogP contribution in [-0.2, 0) is 60.5 Å². The summed E-state index contributed by atoms with van der Waals surface area (Å²) in [6.45, 7) is 18.5. The third-order valence-corrected chi connectivity index (χ3v) is 15.9. The van der Waals surface area contributed by atoms with Gasteiger partial charge in [0.15, 0.2) is 11.9 Å². The molecule has 3 aliphatic carbocycles. The molecule has 3 aromatic carbocycles. The molecule has 0 spiro atoms. The van der Waals surface area contributed by atoms with Crippen molar-refractivity contribution in [3.8, 4) is 11.1 Å². The van der Waals surface area contributed by atoms with E-state index in [1.807, 2.05) is 25.1 Å². The molecule has 3 aromatic rings. The number of ether oxygens (including phenoxy) is 3. The van der Waals surface area contributed by atoms with E-state index in [9.17, 15) is 38.4 Å². The average molecular weight is 1170 g/mol. The monoisotopic (exact) mass is 1160 g/mol. The highest BCUT2D eigenvalue weighted by Crippen LogP contribution is 2.65. The van der Waals surface area contributed by atoms with E-state index in [0.717, 1.165) is 43.2 Å². The van der Waals surface area contributed by atoms with Gasteiger partial charge in [-0.3, -0.25) is 28.8 Å². The van der Waals surface area contributed by atoms with E-state index in [1.54, 1.807) is 90.1 Å². The molecular formula is C62H89BN8O13. The van der Waals surface area contributed by atoms with Gasteiger partial charge in [0.25, 0.3) is 11.8 Å². The van der Waals surface area contributed by atoms with Crippen LogP contribution in [-0.4, -0.2) is 121 Å². The maximum atomic E-state index is 14.4. The number of esters is 1. The number of hydrogen-bond acceptors (Lipinski definition) is 15. The predicted octanol–water partition coefficient (Wildman–Crippen LogP) is 6.46. The fourth-order valence-electron chi connectivity index (χ4n) is 11.0. The minimum absolute atomic E-state index is 0.0715. The molecule has 1 saturated heterocycles. The van der Waals surface area contributed by atoms with Gasteiger partial charge >= 0.3 is 25.3 Å². The van der Waals surface area contributed by atoms with Gasteiger partial charge < -0.3 is 66.9 Å². The Kier molecular flexibility index (Phi) is 23.1. The molecule has 1 heterocycles. The van der Waals surface area contributed by atoms with Gasteiger partial charge in [0.2, 0.25) is 11.8 Å². The molecule has 1 aliphatic heterocycles. The Bertz CT molecular complexity index is 2750. The summed E-state index contributed by atoms with van der Waals surface area (Å²) in [7, 11) is -0.880. The standard InChI is InChI=1S/C62H89BN8O13/c1-11-12-18-38-22-24-40(25-23-38)41-26-28-42(29-27-41)53(74)70-46(36-67-58(79)82-60(5,6)7)55(76)69-45(30-31-51(73)80-37-39-19-14-13-15-20-39)54(75)71-52(65)56(77)68-44(21-16-17-32-66-57(78)81-59(2,3)4)47(72)35-50(64)63-83-49-34-43-33-48(61(43,8)9)62(49,10)84-63/h13-15,19-20,22-29,43-46,48-50,52H,11-12,16-18,21,30-37,64-65H2,1-10H3,(H,66,78)(H,67,79)(H,68,77)(H,69,76)(H,70,74)(H,71,75)/t43-,44-,45-,46-,48-,49?,50+,52+,62-/m0/s1. The van der Waals surface area contributed by atoms with Gasteiger partial charge in [-0.25, -0.2) is 9.59 Å². The highest BCUT2D eigenvalue weighted by molar-refractivity contribution is 6.48. The summed E-state index contributed by atoms with van der Waals surface area (Å²) < 4.78 is 29.1. The van der Waals surface area contributed by atoms with E-state index in [-0.39, 0.29) is 55.4 Å². The van der Waals surface area contributed by atoms with Crippen molar-refractivity contribution in [2.24, 2.45) is 28.7 Å². The molecule has 4 fully saturated rings. The quantitative estimate of drug-likeness (QED) is 0.0127. The highest BCUT2D eigenvalue weighted by atomic mass is 16.7. The molecule has 0 radical (unpaired) electrons. The molecule has 2 bridgehead atoms. The zero-order valence-corrected chi connectivity index (χ0v) is 50.6. The molecule has 458 valence electrons. The Morgan fingerprint density at radius 3 is 1.90 bits per heavy atom. The number of benzene rings is 3. The SMILES string of the molecule is CCCCc1ccc(-c2ccc(C(=O)N[C@@H](CNC(=O)OC(C)(C)C)C(=O)N[C@@H](CCC(=O)OCc3ccccc3)C(=O)N[C@@H](N)C(=O)N[C@@H](CCCCNC(=O)OC(C)(C)C)C(=O)C[C@@H](N)B3OC4C[C@@H]5C[C@@H](C5(C)C)[C@]4(C)O3)cc2)cc1. The van der Waals surface area contributed by atoms with Crippen LogP contribution in [0.5, 0.6) is 0 Å². The van der Waals surface area contributed by atoms with Gasteiger partial charge in [-0.2, -0.15) is 0 Å². The lowest BCUT2D eigenvalue weighted by Gasteiger charge is -2.64. The number of nitrogens with two attached hydrogens (primary N) is 2. The number of carbonyl (C=O) groups excluding carboxylic acids is 8. The van der Waals surface area contributed by atoms with E-state index >= 15 is 0 Å². The molecular weight excluding hydrogens is 1080 g/mol. The maximum absolute atomic E-state index is 14.4. The molecule has 6 amide bonds. The zero-order valence-electron chi connectivity index (χ0n) is 50.6. The summed E-state index contributed by atoms with van der Waals surface area (Å²) >= 11 is 0. The molecule has 4 aliphatic rings. The van der Waals surface area contributed by atoms with Crippen molar-refractivity contribution in [3.05, 3.63) is 95.6 Å². The minimum atomic E-state index is -1.81. The van der Waals surface area contributed by atoms with Crippen molar-refractivity contribution >= 4 is 54.7 Å². The molecule has 0 aromatic heterocycles. The molecule has 84 heavy (non-hydrogen) atoms. The van der Waals surface area contributed by atoms with Crippen LogP contribution in [0, 0.1) is 17.3 Å². The number of carbonyl (C=O) groups is 8. The topological polar surface area (TPSA) is 307 Å². The molecule has 3 saturated carbocycles. The fourth-order valence-corrected chi connectivity index (χ4v) is 11.0. The summed E-state index contributed by atoms with van der Waals surface area (Å²) in [6, 6.07) is 19.5. The van der Waals surface area contributed by atoms with Crippen molar-refractivity contribution in [1.29, 1.82) is 0 Å². The third-order valence-electron chi connectivity index (χ3n) is 15.9. The number of amides is 6. The lowest BCUT2D eigenvalue weighted by molar-refractivity contribution is -0.199. The van der Waals surface area contributed by atoms with Crippen LogP contribution < -0.4 is 43.4 Å². The van der Waals surface area contributed by atoms with Crippen molar-refractivity contribution in [2.45, 2.75) is 200 Å². The molecule has 10 N–H and O–H groups in total. The van der Waals surface area contributed by atoms with Crippen molar-refractivity contribution < 1.29 is 61.9 Å². The van der Waals surface area contributed by atoms with E-state index in [1.165, 1.54) is 5.56 Å². The number of unbranched alkanes of at least 4 members (excludes halogenated alkanes) is 2. The smallest absolute Gasteiger partial charge is 0.461 e. The Balaban J connectivity index is 1.16. The second-order valence-corrected chi connectivity index (χ2v) is 25.2. The second-order valence-electron chi connectivity index (χ2n) is 25.2. The lowest BCUT2D eigenvalue weighted by Crippen LogP contribution is -2.65. The van der Waals surface area contributed by atoms with Gasteiger partial charge in [0, 0.05) is 30.9 Å². The molecule has 21 nitrogen and oxygen atoms in total. The Labute approximate surface area is 494 Å². The normalized spacial score (nSPS) is 20.4. The summed E-state index contributed by atoms with van der Waals surface area (Å²) in [5.74, 6) is -4.96. The van der Waals surface area contributed by atoms with E-state index in [4.69, 9.17) is 35.0 Å². The fraction of sp³-hybridized carbons (Fsp3) is 0.581. The number of alkyl carbamates (subject to hydrolysis) is 2. The molecule has 7 rings (SSSR count). The number of Topliss-reactive ketones (excluding diaryl/α,β-unsaturated/α-hetero) is 1. The number of hydrogen-bond donors (Lipinski definition) is 8. The number of nitrogens with one attached hydrogen (secondary N) is 6. The molecule has 22 heteroatoms. The van der Waals surface area contributed by atoms with Crippen LogP contribution in [0.15, 0.2) is 78.9 Å². The average Bonchev–Trinajstić information content (AvgIpc) is 1.39. The van der Waals surface area contributed by atoms with Gasteiger partial charge in [0.05, 0.1) is 24.3 Å². The molecule has 1 unspecified atom stereocenters. The van der Waals surface area contributed by atoms with Gasteiger partial charge in [-0.1, -0.05) is 93.9 Å². The van der Waals surface area contributed by atoms with Crippen molar-refractivity contribution in [3.63, 3.8) is 0 Å². The summed E-state index contributed by atoms with van der Waals surface area (Å²) in [5, 5.41) is 15.5. The number of rotatable bonds is 28. The van der Waals surface area contributed by atoms with Crippen LogP contribution >= 0.6 is 0 Å².